The molecule has 4 amide bonds. The predicted octanol–water partition coefficient (Wildman–Crippen LogP) is 6.30. The molecule has 6 atom stereocenters. The van der Waals surface area contributed by atoms with Crippen LogP contribution in [-0.4, -0.2) is 85.9 Å². The molecule has 4 N–H and O–H groups in total. The molecule has 0 aliphatic heterocycles. The number of methoxy groups -OCH3 is 2. The quantitative estimate of drug-likeness (QED) is 0.154. The van der Waals surface area contributed by atoms with E-state index >= 15 is 0 Å². The topological polar surface area (TPSA) is 206 Å². The minimum absolute atomic E-state index is 0.144. The molecule has 2 aliphatic carbocycles. The van der Waals surface area contributed by atoms with Crippen LogP contribution in [0.2, 0.25) is 0 Å². The van der Waals surface area contributed by atoms with Crippen LogP contribution in [0.5, 0.6) is 0 Å². The van der Waals surface area contributed by atoms with Crippen LogP contribution in [0, 0.1) is 11.8 Å². The third-order valence-corrected chi connectivity index (χ3v) is 9.18. The number of carbonyl (C=O) groups excluding carboxylic acids is 6. The van der Waals surface area contributed by atoms with Gasteiger partial charge in [-0.05, 0) is 91.2 Å². The molecule has 0 saturated heterocycles. The van der Waals surface area contributed by atoms with E-state index in [1.54, 1.807) is 41.5 Å². The highest BCUT2D eigenvalue weighted by atomic mass is 16.6. The molecule has 0 bridgehead atoms. The molecule has 0 spiro atoms. The number of hydrogen-bond donors (Lipinski definition) is 4. The number of rotatable bonds is 10. The molecular formula is C42H60N4O12. The van der Waals surface area contributed by atoms with Crippen LogP contribution in [0.1, 0.15) is 91.2 Å². The molecule has 16 heteroatoms. The lowest BCUT2D eigenvalue weighted by Gasteiger charge is -2.35. The largest absolute Gasteiger partial charge is 0.469 e. The van der Waals surface area contributed by atoms with Crippen LogP contribution in [0.25, 0.3) is 0 Å². The maximum Gasteiger partial charge on any atom is 0.407 e. The predicted molar refractivity (Wildman–Crippen MR) is 212 cm³/mol. The van der Waals surface area contributed by atoms with E-state index < -0.39 is 71.4 Å². The molecule has 0 heterocycles. The fourth-order valence-electron chi connectivity index (χ4n) is 6.55. The van der Waals surface area contributed by atoms with Gasteiger partial charge in [0.1, 0.15) is 24.4 Å². The first-order valence-electron chi connectivity index (χ1n) is 19.4. The Labute approximate surface area is 340 Å². The minimum Gasteiger partial charge on any atom is -0.469 e. The first kappa shape index (κ1) is 46.8. The molecule has 2 aliphatic rings. The Kier molecular flexibility index (Phi) is 18.1. The van der Waals surface area contributed by atoms with Gasteiger partial charge in [0.2, 0.25) is 0 Å². The van der Waals surface area contributed by atoms with Gasteiger partial charge in [0.15, 0.2) is 0 Å². The van der Waals surface area contributed by atoms with Crippen molar-refractivity contribution in [2.24, 2.45) is 11.8 Å². The Balaban J connectivity index is 0.000000310. The van der Waals surface area contributed by atoms with Gasteiger partial charge in [0, 0.05) is 24.2 Å². The number of esters is 2. The molecule has 0 radical (unpaired) electrons. The Hall–Kier alpha value is -5.54. The maximum atomic E-state index is 12.2. The second-order valence-electron chi connectivity index (χ2n) is 16.2. The van der Waals surface area contributed by atoms with Gasteiger partial charge in [-0.3, -0.25) is 9.59 Å². The standard InChI is InChI=1S/2C21H30N2O6/c2*1-21(2,3)29-20(26)22-15-10-11-17(16(12-15)18(24)27-4)23-19(25)28-13-14-8-6-5-7-9-14/h2*5-9,15-17H,10-13H2,1-4H3,(H,22,26)(H,23,25)/t15-,16+,17?;15-,16-,17?/m11/s1. The zero-order valence-electron chi connectivity index (χ0n) is 34.8. The van der Waals surface area contributed by atoms with Crippen molar-refractivity contribution in [3.05, 3.63) is 71.8 Å². The molecule has 4 rings (SSSR count). The van der Waals surface area contributed by atoms with Crippen molar-refractivity contribution in [2.75, 3.05) is 14.2 Å². The van der Waals surface area contributed by atoms with Crippen molar-refractivity contribution < 1.29 is 57.2 Å². The highest BCUT2D eigenvalue weighted by Gasteiger charge is 2.39. The van der Waals surface area contributed by atoms with Gasteiger partial charge in [0.25, 0.3) is 0 Å². The second-order valence-corrected chi connectivity index (χ2v) is 16.2. The van der Waals surface area contributed by atoms with Gasteiger partial charge in [-0.1, -0.05) is 60.7 Å². The molecular weight excluding hydrogens is 752 g/mol. The maximum absolute atomic E-state index is 12.2. The van der Waals surface area contributed by atoms with Crippen molar-refractivity contribution in [1.29, 1.82) is 0 Å². The lowest BCUT2D eigenvalue weighted by molar-refractivity contribution is -0.148. The van der Waals surface area contributed by atoms with Crippen molar-refractivity contribution in [3.63, 3.8) is 0 Å². The average molecular weight is 813 g/mol. The fourth-order valence-corrected chi connectivity index (χ4v) is 6.55. The van der Waals surface area contributed by atoms with Crippen LogP contribution >= 0.6 is 0 Å². The SMILES string of the molecule is COC(=O)[C@@H]1C[C@H](NC(=O)OC(C)(C)C)CCC1NC(=O)OCc1ccccc1.COC(=O)[C@H]1C[C@H](NC(=O)OC(C)(C)C)CCC1NC(=O)OCc1ccccc1. The van der Waals surface area contributed by atoms with Crippen molar-refractivity contribution in [1.82, 2.24) is 21.3 Å². The molecule has 2 fully saturated rings. The Morgan fingerprint density at radius 1 is 0.517 bits per heavy atom. The van der Waals surface area contributed by atoms with E-state index in [1.165, 1.54) is 14.2 Å². The summed E-state index contributed by atoms with van der Waals surface area (Å²) in [6.45, 7) is 11.0. The molecule has 0 aromatic heterocycles. The van der Waals surface area contributed by atoms with E-state index in [2.05, 4.69) is 21.3 Å². The molecule has 2 unspecified atom stereocenters. The lowest BCUT2D eigenvalue weighted by atomic mass is 9.81. The zero-order valence-corrected chi connectivity index (χ0v) is 34.8. The van der Waals surface area contributed by atoms with Gasteiger partial charge in [-0.2, -0.15) is 0 Å². The second kappa shape index (κ2) is 22.4. The highest BCUT2D eigenvalue weighted by molar-refractivity contribution is 5.77. The molecule has 16 nitrogen and oxygen atoms in total. The molecule has 2 aromatic rings. The Morgan fingerprint density at radius 2 is 0.862 bits per heavy atom. The fraction of sp³-hybridized carbons (Fsp3) is 0.571. The Morgan fingerprint density at radius 3 is 1.17 bits per heavy atom. The highest BCUT2D eigenvalue weighted by Crippen LogP contribution is 2.28. The summed E-state index contributed by atoms with van der Waals surface area (Å²) in [5, 5.41) is 11.1. The summed E-state index contributed by atoms with van der Waals surface area (Å²) in [7, 11) is 2.61. The summed E-state index contributed by atoms with van der Waals surface area (Å²) in [6, 6.07) is 17.3. The van der Waals surface area contributed by atoms with Crippen LogP contribution in [-0.2, 0) is 51.2 Å². The average Bonchev–Trinajstić information content (AvgIpc) is 3.16. The van der Waals surface area contributed by atoms with Crippen LogP contribution < -0.4 is 21.3 Å². The van der Waals surface area contributed by atoms with E-state index in [4.69, 9.17) is 28.4 Å². The molecule has 320 valence electrons. The summed E-state index contributed by atoms with van der Waals surface area (Å²) in [5.41, 5.74) is 0.537. The van der Waals surface area contributed by atoms with Gasteiger partial charge < -0.3 is 49.7 Å². The van der Waals surface area contributed by atoms with Crippen LogP contribution in [0.15, 0.2) is 60.7 Å². The first-order chi connectivity index (χ1) is 27.3. The molecule has 2 saturated carbocycles. The van der Waals surface area contributed by atoms with E-state index in [9.17, 15) is 28.8 Å². The minimum atomic E-state index is -0.604. The number of ether oxygens (including phenoxy) is 6. The number of alkyl carbamates (subject to hydrolysis) is 4. The van der Waals surface area contributed by atoms with E-state index in [0.717, 1.165) is 11.1 Å². The van der Waals surface area contributed by atoms with Gasteiger partial charge in [-0.15, -0.1) is 0 Å². The van der Waals surface area contributed by atoms with E-state index in [1.807, 2.05) is 60.7 Å². The van der Waals surface area contributed by atoms with Gasteiger partial charge >= 0.3 is 36.3 Å². The summed E-state index contributed by atoms with van der Waals surface area (Å²) in [6.07, 6.45) is 0.635. The van der Waals surface area contributed by atoms with Crippen molar-refractivity contribution >= 4 is 36.3 Å². The van der Waals surface area contributed by atoms with Gasteiger partial charge in [0.05, 0.1) is 26.1 Å². The van der Waals surface area contributed by atoms with Crippen molar-refractivity contribution in [3.8, 4) is 0 Å². The summed E-state index contributed by atoms with van der Waals surface area (Å²) in [4.78, 5) is 72.9. The number of hydrogen-bond acceptors (Lipinski definition) is 12. The number of benzene rings is 2. The zero-order chi connectivity index (χ0) is 42.9. The van der Waals surface area contributed by atoms with E-state index in [-0.39, 0.29) is 25.3 Å². The summed E-state index contributed by atoms with van der Waals surface area (Å²) in [5.74, 6) is -2.04. The summed E-state index contributed by atoms with van der Waals surface area (Å²) < 4.78 is 30.8. The first-order valence-corrected chi connectivity index (χ1v) is 19.4. The monoisotopic (exact) mass is 812 g/mol. The van der Waals surface area contributed by atoms with Crippen LogP contribution in [0.4, 0.5) is 19.2 Å². The number of nitrogens with one attached hydrogen (secondary N) is 4. The molecule has 2 aromatic carbocycles. The third kappa shape index (κ3) is 17.3. The molecule has 58 heavy (non-hydrogen) atoms. The lowest BCUT2D eigenvalue weighted by Crippen LogP contribution is -2.52. The third-order valence-electron chi connectivity index (χ3n) is 9.18. The summed E-state index contributed by atoms with van der Waals surface area (Å²) >= 11 is 0. The number of carbonyl (C=O) groups is 6. The van der Waals surface area contributed by atoms with Crippen LogP contribution in [0.3, 0.4) is 0 Å². The normalized spacial score (nSPS) is 21.6. The smallest absolute Gasteiger partial charge is 0.407 e. The van der Waals surface area contributed by atoms with E-state index in [0.29, 0.717) is 38.5 Å². The van der Waals surface area contributed by atoms with Gasteiger partial charge in [-0.25, -0.2) is 19.2 Å². The number of amides is 4. The van der Waals surface area contributed by atoms with Crippen molar-refractivity contribution in [2.45, 2.75) is 129 Å². The Bertz CT molecular complexity index is 1520.